The van der Waals surface area contributed by atoms with Crippen LogP contribution in [0.5, 0.6) is 0 Å². The van der Waals surface area contributed by atoms with E-state index >= 15 is 0 Å². The maximum Gasteiger partial charge on any atom is 0.407 e. The normalized spacial score (nSPS) is 10.4. The number of unbranched alkanes of at least 4 members (excludes halogenated alkanes) is 3. The lowest BCUT2D eigenvalue weighted by Gasteiger charge is -2.24. The summed E-state index contributed by atoms with van der Waals surface area (Å²) in [7, 11) is 0. The Kier molecular flexibility index (Phi) is 19.6. The Labute approximate surface area is 288 Å². The maximum absolute atomic E-state index is 14.8. The summed E-state index contributed by atoms with van der Waals surface area (Å²) in [5.74, 6) is -1.84. The smallest absolute Gasteiger partial charge is 0.407 e. The number of hydroxylamine groups is 1. The number of amides is 3. The zero-order chi connectivity index (χ0) is 36.6. The number of hydrogen-bond acceptors (Lipinski definition) is 10. The first-order valence-electron chi connectivity index (χ1n) is 16.0. The Balaban J connectivity index is 2.06. The van der Waals surface area contributed by atoms with Gasteiger partial charge in [-0.1, -0.05) is 35.2 Å². The lowest BCUT2D eigenvalue weighted by molar-refractivity contribution is -0.129. The number of halogens is 1. The Morgan fingerprint density at radius 3 is 2.26 bits per heavy atom. The molecule has 0 atom stereocenters. The summed E-state index contributed by atoms with van der Waals surface area (Å²) in [5, 5.41) is 17.7. The molecule has 0 aliphatic heterocycles. The Morgan fingerprint density at radius 1 is 0.900 bits per heavy atom. The molecule has 0 heterocycles. The number of carbonyl (C=O) groups excluding carboxylic acids is 4. The van der Waals surface area contributed by atoms with Crippen LogP contribution in [-0.4, -0.2) is 79.9 Å². The molecule has 0 aliphatic rings. The van der Waals surface area contributed by atoms with Gasteiger partial charge in [-0.2, -0.15) is 0 Å². The molecule has 270 valence electrons. The second-order valence-electron chi connectivity index (χ2n) is 10.8. The first-order chi connectivity index (χ1) is 24.2. The van der Waals surface area contributed by atoms with E-state index in [0.29, 0.717) is 44.6 Å². The summed E-state index contributed by atoms with van der Waals surface area (Å²) in [6, 6.07) is 8.80. The summed E-state index contributed by atoms with van der Waals surface area (Å²) in [5.41, 5.74) is 19.7. The molecule has 0 bridgehead atoms. The van der Waals surface area contributed by atoms with Crippen molar-refractivity contribution in [3.8, 4) is 0 Å². The van der Waals surface area contributed by atoms with Gasteiger partial charge in [-0.25, -0.2) is 14.7 Å². The maximum atomic E-state index is 14.8. The fourth-order valence-corrected chi connectivity index (χ4v) is 4.65. The highest BCUT2D eigenvalue weighted by atomic mass is 19.1. The van der Waals surface area contributed by atoms with E-state index in [9.17, 15) is 23.6 Å². The average Bonchev–Trinajstić information content (AvgIpc) is 3.10. The zero-order valence-corrected chi connectivity index (χ0v) is 27.9. The zero-order valence-electron chi connectivity index (χ0n) is 27.9. The largest absolute Gasteiger partial charge is 0.447 e. The number of hydrogen-bond donors (Lipinski definition) is 3. The predicted molar refractivity (Wildman–Crippen MR) is 178 cm³/mol. The van der Waals surface area contributed by atoms with E-state index in [1.807, 2.05) is 6.92 Å². The molecule has 0 radical (unpaired) electrons. The molecule has 50 heavy (non-hydrogen) atoms. The van der Waals surface area contributed by atoms with Crippen LogP contribution in [0.2, 0.25) is 0 Å². The van der Waals surface area contributed by atoms with Crippen molar-refractivity contribution < 1.29 is 43.0 Å². The molecule has 18 heteroatoms. The van der Waals surface area contributed by atoms with Crippen LogP contribution in [0.4, 0.5) is 20.6 Å². The number of benzene rings is 2. The SMILES string of the molecule is CCOCCOCCOC(=O)NCCN(Cc1cc(F)c(N=[N+]=[N-])c(N=[N+]=[N-])c1)C(=O)c1ccc(CC(=O)CCCCCCC(=O)NO)cc1. The van der Waals surface area contributed by atoms with Crippen molar-refractivity contribution in [2.45, 2.75) is 58.4 Å². The van der Waals surface area contributed by atoms with Crippen LogP contribution >= 0.6 is 0 Å². The van der Waals surface area contributed by atoms with E-state index < -0.39 is 29.4 Å². The fraction of sp³-hybridized carbons (Fsp3) is 0.500. The van der Waals surface area contributed by atoms with Crippen LogP contribution in [-0.2, 0) is 36.8 Å². The second kappa shape index (κ2) is 24.0. The molecule has 0 saturated carbocycles. The molecule has 0 fully saturated rings. The number of rotatable bonds is 24. The number of carbonyl (C=O) groups is 4. The van der Waals surface area contributed by atoms with Crippen LogP contribution in [0.3, 0.4) is 0 Å². The van der Waals surface area contributed by atoms with Gasteiger partial charge in [-0.3, -0.25) is 19.6 Å². The number of azide groups is 2. The number of ether oxygens (including phenoxy) is 3. The summed E-state index contributed by atoms with van der Waals surface area (Å²) in [6.45, 7) is 3.16. The van der Waals surface area contributed by atoms with Gasteiger partial charge < -0.3 is 24.4 Å². The van der Waals surface area contributed by atoms with Crippen molar-refractivity contribution in [1.29, 1.82) is 0 Å². The summed E-state index contributed by atoms with van der Waals surface area (Å²) in [6.07, 6.45) is 2.84. The minimum absolute atomic E-state index is 0.0000460. The molecule has 2 rings (SSSR count). The lowest BCUT2D eigenvalue weighted by atomic mass is 10.0. The third kappa shape index (κ3) is 15.8. The number of nitrogens with one attached hydrogen (secondary N) is 2. The molecular weight excluding hydrogens is 657 g/mol. The molecule has 3 amide bonds. The Bertz CT molecular complexity index is 1510. The van der Waals surface area contributed by atoms with Gasteiger partial charge in [0.1, 0.15) is 18.2 Å². The van der Waals surface area contributed by atoms with Gasteiger partial charge >= 0.3 is 6.09 Å². The van der Waals surface area contributed by atoms with E-state index in [0.717, 1.165) is 18.9 Å². The summed E-state index contributed by atoms with van der Waals surface area (Å²) in [4.78, 5) is 55.9. The third-order valence-corrected chi connectivity index (χ3v) is 7.09. The van der Waals surface area contributed by atoms with Gasteiger partial charge in [0.05, 0.1) is 31.2 Å². The van der Waals surface area contributed by atoms with Crippen molar-refractivity contribution >= 4 is 35.1 Å². The van der Waals surface area contributed by atoms with E-state index in [1.54, 1.807) is 29.7 Å². The highest BCUT2D eigenvalue weighted by molar-refractivity contribution is 5.94. The average molecular weight is 700 g/mol. The molecule has 3 N–H and O–H groups in total. The van der Waals surface area contributed by atoms with Crippen LogP contribution in [0.25, 0.3) is 20.9 Å². The molecule has 0 unspecified atom stereocenters. The molecule has 0 spiro atoms. The van der Waals surface area contributed by atoms with Gasteiger partial charge in [0.2, 0.25) is 5.91 Å². The third-order valence-electron chi connectivity index (χ3n) is 7.09. The Hall–Kier alpha value is -5.25. The van der Waals surface area contributed by atoms with Crippen molar-refractivity contribution in [3.05, 3.63) is 79.8 Å². The molecule has 0 saturated heterocycles. The quantitative estimate of drug-likeness (QED) is 0.0288. The molecule has 17 nitrogen and oxygen atoms in total. The van der Waals surface area contributed by atoms with Gasteiger partial charge in [-0.05, 0) is 66.2 Å². The van der Waals surface area contributed by atoms with E-state index in [-0.39, 0.29) is 68.3 Å². The first kappa shape index (κ1) is 40.9. The van der Waals surface area contributed by atoms with Crippen molar-refractivity contribution in [2.75, 3.05) is 46.1 Å². The van der Waals surface area contributed by atoms with Crippen molar-refractivity contribution in [2.24, 2.45) is 10.2 Å². The highest BCUT2D eigenvalue weighted by Crippen LogP contribution is 2.33. The number of alkyl carbamates (subject to hydrolysis) is 1. The van der Waals surface area contributed by atoms with Crippen LogP contribution in [0, 0.1) is 5.82 Å². The summed E-state index contributed by atoms with van der Waals surface area (Å²) >= 11 is 0. The fourth-order valence-electron chi connectivity index (χ4n) is 4.65. The number of ketones is 1. The number of Topliss-reactive ketones (excluding diaryl/α,β-unsaturated/α-hetero) is 1. The monoisotopic (exact) mass is 699 g/mol. The van der Waals surface area contributed by atoms with Crippen molar-refractivity contribution in [1.82, 2.24) is 15.7 Å². The van der Waals surface area contributed by atoms with Gasteiger partial charge in [-0.15, -0.1) is 0 Å². The standard InChI is InChI=1S/C32H42FN9O8/c1-2-48-15-16-49-17-18-50-32(46)36-13-14-42(22-24-20-27(33)30(38-41-35)28(21-24)37-40-34)31(45)25-11-9-23(10-12-25)19-26(43)7-5-3-4-6-8-29(44)39-47/h9-12,20-21,47H,2-8,13-19,22H2,1H3,(H,36,46)(H,39,44). The van der Waals surface area contributed by atoms with Gasteiger partial charge in [0, 0.05) is 60.9 Å². The van der Waals surface area contributed by atoms with E-state index in [2.05, 4.69) is 25.4 Å². The van der Waals surface area contributed by atoms with Gasteiger partial charge in [0.25, 0.3) is 5.91 Å². The summed E-state index contributed by atoms with van der Waals surface area (Å²) < 4.78 is 30.4. The Morgan fingerprint density at radius 2 is 1.58 bits per heavy atom. The lowest BCUT2D eigenvalue weighted by Crippen LogP contribution is -2.38. The molecule has 0 aliphatic carbocycles. The second-order valence-corrected chi connectivity index (χ2v) is 10.8. The topological polar surface area (TPSA) is 241 Å². The molecule has 0 aromatic heterocycles. The highest BCUT2D eigenvalue weighted by Gasteiger charge is 2.19. The molecular formula is C32H42FN9O8. The van der Waals surface area contributed by atoms with Crippen LogP contribution in [0.15, 0.2) is 46.6 Å². The van der Waals surface area contributed by atoms with Crippen LogP contribution < -0.4 is 10.8 Å². The minimum atomic E-state index is -0.955. The minimum Gasteiger partial charge on any atom is -0.447 e. The number of nitrogens with zero attached hydrogens (tertiary/aromatic N) is 7. The van der Waals surface area contributed by atoms with E-state index in [1.165, 1.54) is 11.0 Å². The van der Waals surface area contributed by atoms with Crippen LogP contribution in [0.1, 0.15) is 66.9 Å². The van der Waals surface area contributed by atoms with E-state index in [4.69, 9.17) is 30.5 Å². The van der Waals surface area contributed by atoms with Crippen molar-refractivity contribution in [3.63, 3.8) is 0 Å². The first-order valence-corrected chi connectivity index (χ1v) is 16.0. The van der Waals surface area contributed by atoms with Gasteiger partial charge in [0.15, 0.2) is 0 Å². The predicted octanol–water partition coefficient (Wildman–Crippen LogP) is 6.09. The molecule has 2 aromatic rings. The molecule has 2 aromatic carbocycles.